The topological polar surface area (TPSA) is 57.6 Å². The molecule has 1 aromatic heterocycles. The number of aryl methyl sites for hydroxylation is 1. The molecule has 4 nitrogen and oxygen atoms in total. The number of hydrogen-bond acceptors (Lipinski definition) is 3. The van der Waals surface area contributed by atoms with E-state index in [2.05, 4.69) is 11.4 Å². The minimum absolute atomic E-state index is 0.110. The second-order valence-corrected chi connectivity index (χ2v) is 6.54. The van der Waals surface area contributed by atoms with E-state index in [-0.39, 0.29) is 17.5 Å². The van der Waals surface area contributed by atoms with Crippen LogP contribution in [-0.2, 0) is 11.2 Å². The standard InChI is InChI=1S/C18H19NO3S/c20-17(8-7-13-4-1-2-5-15(13)18(21)22)19-10-3-6-16(19)14-9-11-23-12-14/h1-2,4-5,9,11-12,16H,3,6-8,10H2,(H,21,22). The first-order chi connectivity index (χ1) is 11.2. The van der Waals surface area contributed by atoms with Crippen LogP contribution in [0.3, 0.4) is 0 Å². The average Bonchev–Trinajstić information content (AvgIpc) is 3.23. The number of nitrogens with zero attached hydrogens (tertiary/aromatic N) is 1. The second-order valence-electron chi connectivity index (χ2n) is 5.76. The zero-order valence-corrected chi connectivity index (χ0v) is 13.6. The van der Waals surface area contributed by atoms with E-state index in [0.29, 0.717) is 12.8 Å². The van der Waals surface area contributed by atoms with E-state index in [4.69, 9.17) is 0 Å². The molecule has 1 fully saturated rings. The number of thiophene rings is 1. The Labute approximate surface area is 139 Å². The fourth-order valence-corrected chi connectivity index (χ4v) is 3.92. The molecular formula is C18H19NO3S. The smallest absolute Gasteiger partial charge is 0.335 e. The summed E-state index contributed by atoms with van der Waals surface area (Å²) in [6, 6.07) is 9.17. The molecule has 1 N–H and O–H groups in total. The van der Waals surface area contributed by atoms with E-state index in [1.165, 1.54) is 5.56 Å². The van der Waals surface area contributed by atoms with Crippen LogP contribution in [0.15, 0.2) is 41.1 Å². The molecule has 0 spiro atoms. The molecule has 1 aliphatic rings. The maximum Gasteiger partial charge on any atom is 0.335 e. The highest BCUT2D eigenvalue weighted by Crippen LogP contribution is 2.33. The maximum absolute atomic E-state index is 12.6. The normalized spacial score (nSPS) is 17.4. The van der Waals surface area contributed by atoms with Crippen molar-refractivity contribution in [2.45, 2.75) is 31.7 Å². The second kappa shape index (κ2) is 6.96. The van der Waals surface area contributed by atoms with Crippen molar-refractivity contribution in [3.8, 4) is 0 Å². The van der Waals surface area contributed by atoms with Crippen molar-refractivity contribution >= 4 is 23.2 Å². The average molecular weight is 329 g/mol. The molecular weight excluding hydrogens is 310 g/mol. The van der Waals surface area contributed by atoms with Gasteiger partial charge in [0.05, 0.1) is 11.6 Å². The van der Waals surface area contributed by atoms with Gasteiger partial charge in [-0.15, -0.1) is 0 Å². The van der Waals surface area contributed by atoms with Gasteiger partial charge in [-0.1, -0.05) is 18.2 Å². The quantitative estimate of drug-likeness (QED) is 0.909. The van der Waals surface area contributed by atoms with Crippen molar-refractivity contribution in [1.29, 1.82) is 0 Å². The van der Waals surface area contributed by atoms with Gasteiger partial charge in [-0.3, -0.25) is 4.79 Å². The molecule has 2 heterocycles. The lowest BCUT2D eigenvalue weighted by Gasteiger charge is -2.24. The van der Waals surface area contributed by atoms with Crippen molar-refractivity contribution in [2.75, 3.05) is 6.54 Å². The maximum atomic E-state index is 12.6. The van der Waals surface area contributed by atoms with Crippen LogP contribution in [0.2, 0.25) is 0 Å². The van der Waals surface area contributed by atoms with E-state index in [0.717, 1.165) is 24.9 Å². The van der Waals surface area contributed by atoms with Gasteiger partial charge < -0.3 is 10.0 Å². The molecule has 0 aliphatic carbocycles. The van der Waals surface area contributed by atoms with Crippen LogP contribution in [0, 0.1) is 0 Å². The van der Waals surface area contributed by atoms with E-state index >= 15 is 0 Å². The lowest BCUT2D eigenvalue weighted by atomic mass is 10.0. The van der Waals surface area contributed by atoms with Gasteiger partial charge in [0.2, 0.25) is 5.91 Å². The molecule has 0 bridgehead atoms. The summed E-state index contributed by atoms with van der Waals surface area (Å²) in [5, 5.41) is 13.4. The predicted octanol–water partition coefficient (Wildman–Crippen LogP) is 3.74. The number of aromatic carboxylic acids is 1. The molecule has 3 rings (SSSR count). The number of carboxylic acids is 1. The van der Waals surface area contributed by atoms with Crippen molar-refractivity contribution in [3.63, 3.8) is 0 Å². The van der Waals surface area contributed by atoms with Gasteiger partial charge in [-0.05, 0) is 53.3 Å². The predicted molar refractivity (Wildman–Crippen MR) is 89.7 cm³/mol. The molecule has 5 heteroatoms. The van der Waals surface area contributed by atoms with E-state index in [1.54, 1.807) is 29.5 Å². The number of carbonyl (C=O) groups is 2. The molecule has 1 aliphatic heterocycles. The van der Waals surface area contributed by atoms with Crippen LogP contribution >= 0.6 is 11.3 Å². The third-order valence-corrected chi connectivity index (χ3v) is 5.06. The van der Waals surface area contributed by atoms with Crippen molar-refractivity contribution in [3.05, 3.63) is 57.8 Å². The highest BCUT2D eigenvalue weighted by atomic mass is 32.1. The van der Waals surface area contributed by atoms with Crippen LogP contribution in [0.1, 0.15) is 46.8 Å². The summed E-state index contributed by atoms with van der Waals surface area (Å²) in [7, 11) is 0. The number of hydrogen-bond donors (Lipinski definition) is 1. The number of benzene rings is 1. The zero-order valence-electron chi connectivity index (χ0n) is 12.8. The van der Waals surface area contributed by atoms with Gasteiger partial charge in [-0.2, -0.15) is 11.3 Å². The fourth-order valence-electron chi connectivity index (χ4n) is 3.21. The summed E-state index contributed by atoms with van der Waals surface area (Å²) in [5.41, 5.74) is 2.22. The number of rotatable bonds is 5. The van der Waals surface area contributed by atoms with Gasteiger partial charge >= 0.3 is 5.97 Å². The Balaban J connectivity index is 1.67. The molecule has 1 amide bonds. The van der Waals surface area contributed by atoms with Gasteiger partial charge in [-0.25, -0.2) is 4.79 Å². The number of carboxylic acid groups (broad SMARTS) is 1. The van der Waals surface area contributed by atoms with Crippen LogP contribution in [0.25, 0.3) is 0 Å². The first kappa shape index (κ1) is 15.7. The summed E-state index contributed by atoms with van der Waals surface area (Å²) >= 11 is 1.65. The van der Waals surface area contributed by atoms with Crippen molar-refractivity contribution in [1.82, 2.24) is 4.90 Å². The Bertz CT molecular complexity index is 696. The molecule has 1 unspecified atom stereocenters. The van der Waals surface area contributed by atoms with E-state index in [1.807, 2.05) is 16.3 Å². The third-order valence-electron chi connectivity index (χ3n) is 4.36. The molecule has 0 radical (unpaired) electrons. The Morgan fingerprint density at radius 3 is 2.83 bits per heavy atom. The van der Waals surface area contributed by atoms with E-state index < -0.39 is 5.97 Å². The Morgan fingerprint density at radius 1 is 1.26 bits per heavy atom. The first-order valence-corrected chi connectivity index (χ1v) is 8.74. The van der Waals surface area contributed by atoms with Crippen LogP contribution in [0.5, 0.6) is 0 Å². The Hall–Kier alpha value is -2.14. The Morgan fingerprint density at radius 2 is 2.09 bits per heavy atom. The molecule has 1 atom stereocenters. The summed E-state index contributed by atoms with van der Waals surface area (Å²) in [4.78, 5) is 25.8. The van der Waals surface area contributed by atoms with Gasteiger partial charge in [0, 0.05) is 13.0 Å². The van der Waals surface area contributed by atoms with Crippen LogP contribution < -0.4 is 0 Å². The number of amides is 1. The first-order valence-electron chi connectivity index (χ1n) is 7.79. The summed E-state index contributed by atoms with van der Waals surface area (Å²) < 4.78 is 0. The SMILES string of the molecule is O=C(O)c1ccccc1CCC(=O)N1CCCC1c1ccsc1. The molecule has 120 valence electrons. The third kappa shape index (κ3) is 3.45. The molecule has 23 heavy (non-hydrogen) atoms. The minimum atomic E-state index is -0.939. The zero-order chi connectivity index (χ0) is 16.2. The van der Waals surface area contributed by atoms with Gasteiger partial charge in [0.15, 0.2) is 0 Å². The Kier molecular flexibility index (Phi) is 4.76. The molecule has 1 aromatic carbocycles. The lowest BCUT2D eigenvalue weighted by Crippen LogP contribution is -2.30. The molecule has 0 saturated carbocycles. The minimum Gasteiger partial charge on any atom is -0.478 e. The van der Waals surface area contributed by atoms with Crippen molar-refractivity contribution in [2.24, 2.45) is 0 Å². The number of likely N-dealkylation sites (tertiary alicyclic amines) is 1. The molecule has 1 saturated heterocycles. The van der Waals surface area contributed by atoms with Crippen LogP contribution in [0.4, 0.5) is 0 Å². The summed E-state index contributed by atoms with van der Waals surface area (Å²) in [6.45, 7) is 0.792. The fraction of sp³-hybridized carbons (Fsp3) is 0.333. The summed E-state index contributed by atoms with van der Waals surface area (Å²) in [5.74, 6) is -0.829. The van der Waals surface area contributed by atoms with Crippen molar-refractivity contribution < 1.29 is 14.7 Å². The number of carbonyl (C=O) groups excluding carboxylic acids is 1. The lowest BCUT2D eigenvalue weighted by molar-refractivity contribution is -0.132. The van der Waals surface area contributed by atoms with E-state index in [9.17, 15) is 14.7 Å². The largest absolute Gasteiger partial charge is 0.478 e. The highest BCUT2D eigenvalue weighted by molar-refractivity contribution is 7.07. The monoisotopic (exact) mass is 329 g/mol. The van der Waals surface area contributed by atoms with Gasteiger partial charge in [0.25, 0.3) is 0 Å². The van der Waals surface area contributed by atoms with Crippen LogP contribution in [-0.4, -0.2) is 28.4 Å². The highest BCUT2D eigenvalue weighted by Gasteiger charge is 2.29. The van der Waals surface area contributed by atoms with Gasteiger partial charge in [0.1, 0.15) is 0 Å². The summed E-state index contributed by atoms with van der Waals surface area (Å²) in [6.07, 6.45) is 2.85. The molecule has 2 aromatic rings.